The number of aliphatic imine (C=N–C) groups is 1. The minimum Gasteiger partial charge on any atom is -0.356 e. The number of thioether (sulfide) groups is 1. The van der Waals surface area contributed by atoms with Crippen LogP contribution in [0.25, 0.3) is 0 Å². The van der Waals surface area contributed by atoms with Crippen LogP contribution in [-0.4, -0.2) is 58.0 Å². The zero-order valence-electron chi connectivity index (χ0n) is 11.4. The molecular formula is C10H24IN3O2S2. The summed E-state index contributed by atoms with van der Waals surface area (Å²) in [6, 6.07) is 0.0882. The lowest BCUT2D eigenvalue weighted by atomic mass is 10.3. The van der Waals surface area contributed by atoms with Crippen molar-refractivity contribution in [1.82, 2.24) is 10.6 Å². The van der Waals surface area contributed by atoms with E-state index in [0.29, 0.717) is 6.42 Å². The van der Waals surface area contributed by atoms with Crippen LogP contribution in [0, 0.1) is 0 Å². The van der Waals surface area contributed by atoms with Gasteiger partial charge in [-0.1, -0.05) is 0 Å². The molecule has 0 aliphatic rings. The van der Waals surface area contributed by atoms with E-state index in [1.807, 2.05) is 13.2 Å². The minimum atomic E-state index is -2.89. The third-order valence-electron chi connectivity index (χ3n) is 2.13. The molecule has 0 radical (unpaired) electrons. The maximum absolute atomic E-state index is 11.0. The Kier molecular flexibility index (Phi) is 12.8. The average Bonchev–Trinajstić information content (AvgIpc) is 2.24. The maximum Gasteiger partial charge on any atom is 0.191 e. The number of hydrogen-bond donors (Lipinski definition) is 2. The monoisotopic (exact) mass is 409 g/mol. The van der Waals surface area contributed by atoms with Crippen LogP contribution >= 0.6 is 35.7 Å². The Balaban J connectivity index is 0. The molecule has 18 heavy (non-hydrogen) atoms. The molecule has 0 aromatic carbocycles. The van der Waals surface area contributed by atoms with E-state index in [4.69, 9.17) is 0 Å². The number of guanidine groups is 1. The van der Waals surface area contributed by atoms with Gasteiger partial charge in [0.05, 0.1) is 5.75 Å². The van der Waals surface area contributed by atoms with E-state index in [-0.39, 0.29) is 35.8 Å². The zero-order valence-corrected chi connectivity index (χ0v) is 15.4. The second-order valence-corrected chi connectivity index (χ2v) is 7.20. The Morgan fingerprint density at radius 3 is 2.50 bits per heavy atom. The van der Waals surface area contributed by atoms with Crippen LogP contribution in [0.1, 0.15) is 13.3 Å². The number of sulfone groups is 1. The van der Waals surface area contributed by atoms with Crippen LogP contribution in [0.15, 0.2) is 4.99 Å². The molecule has 0 aromatic rings. The van der Waals surface area contributed by atoms with Gasteiger partial charge in [-0.15, -0.1) is 24.0 Å². The van der Waals surface area contributed by atoms with Gasteiger partial charge in [-0.2, -0.15) is 11.8 Å². The first-order valence-corrected chi connectivity index (χ1v) is 8.98. The van der Waals surface area contributed by atoms with Crippen molar-refractivity contribution in [2.45, 2.75) is 19.4 Å². The summed E-state index contributed by atoms with van der Waals surface area (Å²) in [6.07, 6.45) is 3.89. The molecule has 0 aliphatic carbocycles. The fraction of sp³-hybridized carbons (Fsp3) is 0.900. The Morgan fingerprint density at radius 2 is 2.06 bits per heavy atom. The second-order valence-electron chi connectivity index (χ2n) is 3.96. The zero-order chi connectivity index (χ0) is 13.3. The van der Waals surface area contributed by atoms with Crippen molar-refractivity contribution in [1.29, 1.82) is 0 Å². The minimum absolute atomic E-state index is 0. The molecule has 0 aromatic heterocycles. The molecule has 1 atom stereocenters. The van der Waals surface area contributed by atoms with Crippen molar-refractivity contribution in [3.63, 3.8) is 0 Å². The predicted octanol–water partition coefficient (Wildman–Crippen LogP) is 0.956. The normalized spacial score (nSPS) is 13.7. The number of nitrogens with one attached hydrogen (secondary N) is 2. The summed E-state index contributed by atoms with van der Waals surface area (Å²) >= 11 is 1.76. The van der Waals surface area contributed by atoms with E-state index in [0.717, 1.165) is 18.3 Å². The van der Waals surface area contributed by atoms with Crippen LogP contribution in [0.2, 0.25) is 0 Å². The Morgan fingerprint density at radius 1 is 1.44 bits per heavy atom. The SMILES string of the molecule is CN=C(NCCSC)NC(C)CCS(C)(=O)=O.I. The summed E-state index contributed by atoms with van der Waals surface area (Å²) < 4.78 is 22.1. The highest BCUT2D eigenvalue weighted by molar-refractivity contribution is 14.0. The molecule has 2 N–H and O–H groups in total. The number of halogens is 1. The maximum atomic E-state index is 11.0. The highest BCUT2D eigenvalue weighted by Crippen LogP contribution is 1.95. The molecule has 8 heteroatoms. The lowest BCUT2D eigenvalue weighted by Gasteiger charge is -2.17. The van der Waals surface area contributed by atoms with Gasteiger partial charge in [0.2, 0.25) is 0 Å². The van der Waals surface area contributed by atoms with Gasteiger partial charge in [0, 0.05) is 31.6 Å². The van der Waals surface area contributed by atoms with E-state index in [1.54, 1.807) is 18.8 Å². The second kappa shape index (κ2) is 11.2. The van der Waals surface area contributed by atoms with E-state index in [1.165, 1.54) is 6.26 Å². The number of hydrogen-bond acceptors (Lipinski definition) is 4. The lowest BCUT2D eigenvalue weighted by molar-refractivity contribution is 0.582. The first-order chi connectivity index (χ1) is 7.89. The van der Waals surface area contributed by atoms with Crippen molar-refractivity contribution in [3.8, 4) is 0 Å². The molecule has 0 rings (SSSR count). The average molecular weight is 409 g/mol. The van der Waals surface area contributed by atoms with Gasteiger partial charge in [0.1, 0.15) is 9.84 Å². The van der Waals surface area contributed by atoms with Gasteiger partial charge in [0.15, 0.2) is 5.96 Å². The Hall–Kier alpha value is 0.300. The topological polar surface area (TPSA) is 70.6 Å². The van der Waals surface area contributed by atoms with E-state index in [9.17, 15) is 8.42 Å². The highest BCUT2D eigenvalue weighted by Gasteiger charge is 2.08. The summed E-state index contributed by atoms with van der Waals surface area (Å²) in [5, 5.41) is 6.33. The van der Waals surface area contributed by atoms with Gasteiger partial charge in [-0.05, 0) is 19.6 Å². The predicted molar refractivity (Wildman–Crippen MR) is 92.1 cm³/mol. The standard InChI is InChI=1S/C10H23N3O2S2.HI/c1-9(5-8-17(4,14)15)13-10(11-2)12-6-7-16-3;/h9H,5-8H2,1-4H3,(H2,11,12,13);1H. The fourth-order valence-electron chi connectivity index (χ4n) is 1.16. The first kappa shape index (κ1) is 20.6. The third kappa shape index (κ3) is 12.7. The van der Waals surface area contributed by atoms with Gasteiger partial charge >= 0.3 is 0 Å². The molecule has 0 fully saturated rings. The largest absolute Gasteiger partial charge is 0.356 e. The van der Waals surface area contributed by atoms with E-state index >= 15 is 0 Å². The van der Waals surface area contributed by atoms with Crippen molar-refractivity contribution >= 4 is 51.5 Å². The summed E-state index contributed by atoms with van der Waals surface area (Å²) in [6.45, 7) is 2.80. The molecule has 0 bridgehead atoms. The van der Waals surface area contributed by atoms with E-state index in [2.05, 4.69) is 15.6 Å². The summed E-state index contributed by atoms with van der Waals surface area (Å²) in [4.78, 5) is 4.08. The van der Waals surface area contributed by atoms with Crippen LogP contribution in [0.3, 0.4) is 0 Å². The highest BCUT2D eigenvalue weighted by atomic mass is 127. The summed E-state index contributed by atoms with van der Waals surface area (Å²) in [5.74, 6) is 1.93. The lowest BCUT2D eigenvalue weighted by Crippen LogP contribution is -2.43. The molecule has 0 heterocycles. The molecule has 0 amide bonds. The van der Waals surface area contributed by atoms with Crippen molar-refractivity contribution in [2.75, 3.05) is 37.6 Å². The van der Waals surface area contributed by atoms with Gasteiger partial charge in [-0.3, -0.25) is 4.99 Å². The van der Waals surface area contributed by atoms with E-state index < -0.39 is 9.84 Å². The number of rotatable bonds is 7. The van der Waals surface area contributed by atoms with Gasteiger partial charge in [-0.25, -0.2) is 8.42 Å². The molecular weight excluding hydrogens is 385 g/mol. The Labute approximate surface area is 132 Å². The molecule has 0 saturated heterocycles. The molecule has 0 saturated carbocycles. The molecule has 5 nitrogen and oxygen atoms in total. The van der Waals surface area contributed by atoms with Crippen LogP contribution in [-0.2, 0) is 9.84 Å². The molecule has 1 unspecified atom stereocenters. The summed E-state index contributed by atoms with van der Waals surface area (Å²) in [7, 11) is -1.18. The summed E-state index contributed by atoms with van der Waals surface area (Å²) in [5.41, 5.74) is 0. The quantitative estimate of drug-likeness (QED) is 0.284. The van der Waals surface area contributed by atoms with Crippen LogP contribution in [0.5, 0.6) is 0 Å². The van der Waals surface area contributed by atoms with Crippen molar-refractivity contribution in [2.24, 2.45) is 4.99 Å². The number of nitrogens with zero attached hydrogens (tertiary/aromatic N) is 1. The van der Waals surface area contributed by atoms with Gasteiger partial charge in [0.25, 0.3) is 0 Å². The smallest absolute Gasteiger partial charge is 0.191 e. The first-order valence-electron chi connectivity index (χ1n) is 5.53. The molecule has 110 valence electrons. The van der Waals surface area contributed by atoms with Crippen molar-refractivity contribution in [3.05, 3.63) is 0 Å². The van der Waals surface area contributed by atoms with Gasteiger partial charge < -0.3 is 10.6 Å². The van der Waals surface area contributed by atoms with Crippen molar-refractivity contribution < 1.29 is 8.42 Å². The van der Waals surface area contributed by atoms with Crippen LogP contribution in [0.4, 0.5) is 0 Å². The third-order valence-corrected chi connectivity index (χ3v) is 3.72. The Bertz CT molecular complexity index is 334. The molecule has 0 spiro atoms. The fourth-order valence-corrected chi connectivity index (χ4v) is 2.25. The molecule has 0 aliphatic heterocycles. The van der Waals surface area contributed by atoms with Crippen LogP contribution < -0.4 is 10.6 Å².